The second-order valence-corrected chi connectivity index (χ2v) is 4.98. The van der Waals surface area contributed by atoms with Crippen molar-refractivity contribution in [2.45, 2.75) is 18.4 Å². The normalized spacial score (nSPS) is 22.4. The molecule has 3 nitrogen and oxygen atoms in total. The van der Waals surface area contributed by atoms with Crippen molar-refractivity contribution in [3.8, 4) is 0 Å². The molecule has 1 saturated heterocycles. The highest BCUT2D eigenvalue weighted by Gasteiger charge is 2.36. The average molecular weight is 265 g/mol. The molecule has 0 bridgehead atoms. The fourth-order valence-corrected chi connectivity index (χ4v) is 2.64. The van der Waals surface area contributed by atoms with Gasteiger partial charge in [-0.15, -0.1) is 0 Å². The van der Waals surface area contributed by atoms with E-state index in [9.17, 15) is 9.59 Å². The van der Waals surface area contributed by atoms with Crippen LogP contribution >= 0.6 is 0 Å². The molecule has 3 rings (SSSR count). The Bertz CT molecular complexity index is 568. The van der Waals surface area contributed by atoms with E-state index in [-0.39, 0.29) is 24.0 Å². The lowest BCUT2D eigenvalue weighted by Crippen LogP contribution is -2.43. The van der Waals surface area contributed by atoms with Crippen LogP contribution in [0.3, 0.4) is 0 Å². The van der Waals surface area contributed by atoms with Crippen LogP contribution in [0.1, 0.15) is 29.5 Å². The van der Waals surface area contributed by atoms with Crippen LogP contribution in [0.25, 0.3) is 0 Å². The minimum Gasteiger partial charge on any atom is -0.342 e. The fraction of sp³-hybridized carbons (Fsp3) is 0.176. The van der Waals surface area contributed by atoms with Gasteiger partial charge in [0.05, 0.1) is 5.92 Å². The molecule has 0 spiro atoms. The summed E-state index contributed by atoms with van der Waals surface area (Å²) in [4.78, 5) is 24.6. The number of hydrogen-bond donors (Lipinski definition) is 1. The number of rotatable bonds is 2. The van der Waals surface area contributed by atoms with Crippen LogP contribution in [0.5, 0.6) is 0 Å². The second-order valence-electron chi connectivity index (χ2n) is 4.98. The van der Waals surface area contributed by atoms with Crippen molar-refractivity contribution in [3.63, 3.8) is 0 Å². The van der Waals surface area contributed by atoms with E-state index < -0.39 is 6.04 Å². The quantitative estimate of drug-likeness (QED) is 0.907. The first-order valence-corrected chi connectivity index (χ1v) is 6.68. The van der Waals surface area contributed by atoms with Gasteiger partial charge in [-0.05, 0) is 11.1 Å². The van der Waals surface area contributed by atoms with Crippen molar-refractivity contribution in [2.24, 2.45) is 0 Å². The predicted octanol–water partition coefficient (Wildman–Crippen LogP) is 2.60. The molecule has 2 aromatic rings. The van der Waals surface area contributed by atoms with Gasteiger partial charge in [0.15, 0.2) is 5.78 Å². The zero-order chi connectivity index (χ0) is 13.9. The van der Waals surface area contributed by atoms with Gasteiger partial charge >= 0.3 is 0 Å². The van der Waals surface area contributed by atoms with Crippen LogP contribution < -0.4 is 5.32 Å². The van der Waals surface area contributed by atoms with Gasteiger partial charge in [0.2, 0.25) is 5.91 Å². The van der Waals surface area contributed by atoms with Gasteiger partial charge in [-0.3, -0.25) is 9.59 Å². The minimum absolute atomic E-state index is 0.0574. The maximum atomic E-state index is 12.7. The first kappa shape index (κ1) is 12.6. The van der Waals surface area contributed by atoms with E-state index in [1.807, 2.05) is 60.7 Å². The number of carbonyl (C=O) groups is 2. The van der Waals surface area contributed by atoms with E-state index >= 15 is 0 Å². The maximum absolute atomic E-state index is 12.7. The van der Waals surface area contributed by atoms with E-state index in [1.54, 1.807) is 0 Å². The highest BCUT2D eigenvalue weighted by atomic mass is 16.2. The van der Waals surface area contributed by atoms with E-state index in [1.165, 1.54) is 0 Å². The molecule has 1 amide bonds. The zero-order valence-corrected chi connectivity index (χ0v) is 11.0. The third-order valence-electron chi connectivity index (χ3n) is 3.66. The molecule has 1 aliphatic rings. The molecule has 20 heavy (non-hydrogen) atoms. The van der Waals surface area contributed by atoms with Gasteiger partial charge in [-0.25, -0.2) is 0 Å². The van der Waals surface area contributed by atoms with Crippen molar-refractivity contribution >= 4 is 11.7 Å². The molecule has 100 valence electrons. The second kappa shape index (κ2) is 5.29. The number of hydrogen-bond acceptors (Lipinski definition) is 2. The Kier molecular flexibility index (Phi) is 3.33. The first-order chi connectivity index (χ1) is 9.75. The van der Waals surface area contributed by atoms with Crippen molar-refractivity contribution in [1.82, 2.24) is 5.32 Å². The molecule has 2 atom stereocenters. The molecule has 0 aliphatic carbocycles. The SMILES string of the molecule is O=C1CC(c2ccccc2)C(=O)C(c2ccccc2)N1. The van der Waals surface area contributed by atoms with Crippen LogP contribution in [0, 0.1) is 0 Å². The number of ketones is 1. The van der Waals surface area contributed by atoms with Gasteiger partial charge < -0.3 is 5.32 Å². The molecular weight excluding hydrogens is 250 g/mol. The van der Waals surface area contributed by atoms with Gasteiger partial charge in [0.1, 0.15) is 6.04 Å². The van der Waals surface area contributed by atoms with E-state index in [4.69, 9.17) is 0 Å². The summed E-state index contributed by atoms with van der Waals surface area (Å²) in [6.45, 7) is 0. The van der Waals surface area contributed by atoms with E-state index in [0.717, 1.165) is 11.1 Å². The molecule has 1 fully saturated rings. The number of piperidine rings is 1. The van der Waals surface area contributed by atoms with Crippen LogP contribution in [0.15, 0.2) is 60.7 Å². The molecule has 2 aromatic carbocycles. The number of nitrogens with one attached hydrogen (secondary N) is 1. The Labute approximate surface area is 117 Å². The summed E-state index contributed by atoms with van der Waals surface area (Å²) in [5.74, 6) is -0.371. The Hall–Kier alpha value is -2.42. The van der Waals surface area contributed by atoms with Crippen molar-refractivity contribution in [1.29, 1.82) is 0 Å². The summed E-state index contributed by atoms with van der Waals surface area (Å²) in [6, 6.07) is 18.4. The standard InChI is InChI=1S/C17H15NO2/c19-15-11-14(12-7-3-1-4-8-12)17(20)16(18-15)13-9-5-2-6-10-13/h1-10,14,16H,11H2,(H,18,19). The molecule has 0 saturated carbocycles. The van der Waals surface area contributed by atoms with Crippen LogP contribution in [0.2, 0.25) is 0 Å². The number of amides is 1. The fourth-order valence-electron chi connectivity index (χ4n) is 2.64. The van der Waals surface area contributed by atoms with Crippen LogP contribution in [0.4, 0.5) is 0 Å². The maximum Gasteiger partial charge on any atom is 0.221 e. The van der Waals surface area contributed by atoms with E-state index in [2.05, 4.69) is 5.32 Å². The number of benzene rings is 2. The molecule has 1 N–H and O–H groups in total. The van der Waals surface area contributed by atoms with Gasteiger partial charge in [0.25, 0.3) is 0 Å². The molecule has 0 radical (unpaired) electrons. The Morgan fingerprint density at radius 2 is 1.35 bits per heavy atom. The summed E-state index contributed by atoms with van der Waals surface area (Å²) in [5, 5.41) is 2.79. The molecule has 1 aliphatic heterocycles. The van der Waals surface area contributed by atoms with Crippen molar-refractivity contribution in [2.75, 3.05) is 0 Å². The Morgan fingerprint density at radius 3 is 1.95 bits per heavy atom. The van der Waals surface area contributed by atoms with Crippen LogP contribution in [-0.4, -0.2) is 11.7 Å². The molecule has 1 heterocycles. The van der Waals surface area contributed by atoms with Gasteiger partial charge in [0, 0.05) is 6.42 Å². The summed E-state index contributed by atoms with van der Waals surface area (Å²) >= 11 is 0. The average Bonchev–Trinajstić information content (AvgIpc) is 2.51. The Balaban J connectivity index is 1.94. The molecule has 2 unspecified atom stereocenters. The van der Waals surface area contributed by atoms with Gasteiger partial charge in [-0.1, -0.05) is 60.7 Å². The summed E-state index contributed by atoms with van der Waals surface area (Å²) in [7, 11) is 0. The largest absolute Gasteiger partial charge is 0.342 e. The molecular formula is C17H15NO2. The minimum atomic E-state index is -0.539. The lowest BCUT2D eigenvalue weighted by atomic mass is 9.82. The summed E-state index contributed by atoms with van der Waals surface area (Å²) < 4.78 is 0. The Morgan fingerprint density at radius 1 is 0.800 bits per heavy atom. The lowest BCUT2D eigenvalue weighted by molar-refractivity contribution is -0.134. The molecule has 0 aromatic heterocycles. The highest BCUT2D eigenvalue weighted by molar-refractivity contribution is 6.00. The summed E-state index contributed by atoms with van der Waals surface area (Å²) in [5.41, 5.74) is 1.75. The van der Waals surface area contributed by atoms with E-state index in [0.29, 0.717) is 0 Å². The monoisotopic (exact) mass is 265 g/mol. The highest BCUT2D eigenvalue weighted by Crippen LogP contribution is 2.31. The topological polar surface area (TPSA) is 46.2 Å². The number of Topliss-reactive ketones (excluding diaryl/α,β-unsaturated/α-hetero) is 1. The lowest BCUT2D eigenvalue weighted by Gasteiger charge is -2.29. The first-order valence-electron chi connectivity index (χ1n) is 6.68. The van der Waals surface area contributed by atoms with Crippen molar-refractivity contribution < 1.29 is 9.59 Å². The number of carbonyl (C=O) groups excluding carboxylic acids is 2. The predicted molar refractivity (Wildman–Crippen MR) is 76.1 cm³/mol. The molecule has 3 heteroatoms. The van der Waals surface area contributed by atoms with Gasteiger partial charge in [-0.2, -0.15) is 0 Å². The third-order valence-corrected chi connectivity index (χ3v) is 3.66. The summed E-state index contributed by atoms with van der Waals surface area (Å²) in [6.07, 6.45) is 0.228. The van der Waals surface area contributed by atoms with Crippen LogP contribution in [-0.2, 0) is 9.59 Å². The van der Waals surface area contributed by atoms with Crippen molar-refractivity contribution in [3.05, 3.63) is 71.8 Å². The third kappa shape index (κ3) is 2.35. The smallest absolute Gasteiger partial charge is 0.221 e. The zero-order valence-electron chi connectivity index (χ0n) is 11.0.